The summed E-state index contributed by atoms with van der Waals surface area (Å²) in [6.45, 7) is -1.38. The lowest BCUT2D eigenvalue weighted by molar-refractivity contribution is -0.143. The molecule has 15 heteroatoms. The molecule has 1 amide bonds. The number of amides is 1. The molecule has 1 fully saturated rings. The number of rotatable bonds is 6. The van der Waals surface area contributed by atoms with Crippen molar-refractivity contribution in [1.82, 2.24) is 4.90 Å². The highest BCUT2D eigenvalue weighted by atomic mass is 79.9. The molecule has 1 unspecified atom stereocenters. The molecule has 0 bridgehead atoms. The van der Waals surface area contributed by atoms with Gasteiger partial charge in [-0.2, -0.15) is 34.8 Å². The molecule has 1 aliphatic rings. The van der Waals surface area contributed by atoms with E-state index in [-0.39, 0.29) is 22.5 Å². The maximum Gasteiger partial charge on any atom is 0.416 e. The minimum absolute atomic E-state index is 0.00415. The smallest absolute Gasteiger partial charge is 0.348 e. The standard InChI is InChI=1S/C21H17BrF7NO5S/c1-36(32,33)35-5-4-19(13-2-3-17(23)16(22)9-13)10-30(11-34-19)18(31)12-6-14(20(24,25)26)8-15(7-12)21(27,28)29/h2-3,6-9H,4-5,10-11H2,1H3. The fourth-order valence-corrected chi connectivity index (χ4v) is 4.36. The maximum atomic E-state index is 13.8. The van der Waals surface area contributed by atoms with Crippen molar-refractivity contribution in [3.8, 4) is 0 Å². The van der Waals surface area contributed by atoms with E-state index in [1.807, 2.05) is 0 Å². The van der Waals surface area contributed by atoms with Crippen LogP contribution in [-0.2, 0) is 37.0 Å². The molecule has 3 rings (SSSR count). The fraction of sp³-hybridized carbons (Fsp3) is 0.381. The van der Waals surface area contributed by atoms with Crippen LogP contribution in [0, 0.1) is 5.82 Å². The number of hydrogen-bond acceptors (Lipinski definition) is 5. The number of hydrogen-bond donors (Lipinski definition) is 0. The second-order valence-electron chi connectivity index (χ2n) is 7.97. The van der Waals surface area contributed by atoms with Crippen LogP contribution in [0.4, 0.5) is 30.7 Å². The van der Waals surface area contributed by atoms with Crippen LogP contribution in [0.3, 0.4) is 0 Å². The molecule has 1 saturated heterocycles. The molecule has 0 spiro atoms. The number of halogens is 8. The highest BCUT2D eigenvalue weighted by Crippen LogP contribution is 2.40. The third-order valence-corrected chi connectivity index (χ3v) is 6.52. The number of nitrogens with zero attached hydrogens (tertiary/aromatic N) is 1. The number of alkyl halides is 6. The van der Waals surface area contributed by atoms with E-state index >= 15 is 0 Å². The first-order valence-corrected chi connectivity index (χ1v) is 12.5. The second-order valence-corrected chi connectivity index (χ2v) is 10.5. The first-order chi connectivity index (χ1) is 16.4. The van der Waals surface area contributed by atoms with Gasteiger partial charge in [0.25, 0.3) is 16.0 Å². The van der Waals surface area contributed by atoms with E-state index in [9.17, 15) is 43.9 Å². The summed E-state index contributed by atoms with van der Waals surface area (Å²) in [5.74, 6) is -1.82. The Hall–Kier alpha value is -2.23. The number of benzene rings is 2. The van der Waals surface area contributed by atoms with Gasteiger partial charge >= 0.3 is 12.4 Å². The van der Waals surface area contributed by atoms with Crippen LogP contribution in [0.2, 0.25) is 0 Å². The maximum absolute atomic E-state index is 13.8. The van der Waals surface area contributed by atoms with Gasteiger partial charge in [0.05, 0.1) is 35.0 Å². The summed E-state index contributed by atoms with van der Waals surface area (Å²) in [7, 11) is -3.87. The zero-order chi connectivity index (χ0) is 27.1. The van der Waals surface area contributed by atoms with Gasteiger partial charge in [-0.3, -0.25) is 8.98 Å². The SMILES string of the molecule is CS(=O)(=O)OCCC1(c2ccc(F)c(Br)c2)CN(C(=O)c2cc(C(F)(F)F)cc(C(F)(F)F)c2)CO1. The van der Waals surface area contributed by atoms with E-state index in [1.165, 1.54) is 12.1 Å². The van der Waals surface area contributed by atoms with Gasteiger partial charge in [-0.25, -0.2) is 4.39 Å². The van der Waals surface area contributed by atoms with E-state index in [2.05, 4.69) is 15.9 Å². The highest BCUT2D eigenvalue weighted by molar-refractivity contribution is 9.10. The van der Waals surface area contributed by atoms with Crippen molar-refractivity contribution >= 4 is 32.0 Å². The molecule has 6 nitrogen and oxygen atoms in total. The Bertz CT molecular complexity index is 1230. The van der Waals surface area contributed by atoms with Crippen molar-refractivity contribution in [2.45, 2.75) is 24.4 Å². The molecule has 0 saturated carbocycles. The van der Waals surface area contributed by atoms with Crippen molar-refractivity contribution in [2.24, 2.45) is 0 Å². The average molecular weight is 608 g/mol. The summed E-state index contributed by atoms with van der Waals surface area (Å²) in [4.78, 5) is 13.9. The zero-order valence-electron chi connectivity index (χ0n) is 18.2. The lowest BCUT2D eigenvalue weighted by Gasteiger charge is -2.28. The molecule has 0 radical (unpaired) electrons. The predicted octanol–water partition coefficient (Wildman–Crippen LogP) is 5.32. The zero-order valence-corrected chi connectivity index (χ0v) is 20.6. The Balaban J connectivity index is 1.97. The molecule has 2 aromatic rings. The Morgan fingerprint density at radius 3 is 2.17 bits per heavy atom. The summed E-state index contributed by atoms with van der Waals surface area (Å²) >= 11 is 3.00. The highest BCUT2D eigenvalue weighted by Gasteiger charge is 2.44. The third-order valence-electron chi connectivity index (χ3n) is 5.31. The van der Waals surface area contributed by atoms with Crippen molar-refractivity contribution in [2.75, 3.05) is 26.1 Å². The van der Waals surface area contributed by atoms with Crippen molar-refractivity contribution in [3.63, 3.8) is 0 Å². The second kappa shape index (κ2) is 9.91. The van der Waals surface area contributed by atoms with Gasteiger partial charge in [-0.15, -0.1) is 0 Å². The molecule has 2 aromatic carbocycles. The molecule has 36 heavy (non-hydrogen) atoms. The summed E-state index contributed by atoms with van der Waals surface area (Å²) in [5.41, 5.74) is -5.41. The summed E-state index contributed by atoms with van der Waals surface area (Å²) in [5, 5.41) is 0. The quantitative estimate of drug-likeness (QED) is 0.328. The molecular formula is C21H17BrF7NO5S. The number of carbonyl (C=O) groups excluding carboxylic acids is 1. The van der Waals surface area contributed by atoms with Crippen LogP contribution in [0.25, 0.3) is 0 Å². The third kappa shape index (κ3) is 6.55. The molecule has 198 valence electrons. The largest absolute Gasteiger partial charge is 0.416 e. The van der Waals surface area contributed by atoms with Crippen LogP contribution < -0.4 is 0 Å². The van der Waals surface area contributed by atoms with Crippen LogP contribution >= 0.6 is 15.9 Å². The molecule has 1 aliphatic heterocycles. The van der Waals surface area contributed by atoms with E-state index in [0.717, 1.165) is 17.2 Å². The molecule has 0 N–H and O–H groups in total. The average Bonchev–Trinajstić information content (AvgIpc) is 3.18. The van der Waals surface area contributed by atoms with E-state index in [0.29, 0.717) is 12.1 Å². The minimum atomic E-state index is -5.15. The number of ether oxygens (including phenoxy) is 1. The summed E-state index contributed by atoms with van der Waals surface area (Å²) in [6, 6.07) is 4.17. The van der Waals surface area contributed by atoms with Crippen molar-refractivity contribution < 1.29 is 52.9 Å². The van der Waals surface area contributed by atoms with Gasteiger partial charge < -0.3 is 9.64 Å². The van der Waals surface area contributed by atoms with Gasteiger partial charge in [0.2, 0.25) is 0 Å². The Labute approximate surface area is 209 Å². The van der Waals surface area contributed by atoms with Gasteiger partial charge in [0.15, 0.2) is 0 Å². The van der Waals surface area contributed by atoms with Gasteiger partial charge in [-0.1, -0.05) is 6.07 Å². The van der Waals surface area contributed by atoms with Gasteiger partial charge in [-0.05, 0) is 51.8 Å². The van der Waals surface area contributed by atoms with Crippen LogP contribution in [-0.4, -0.2) is 45.4 Å². The summed E-state index contributed by atoms with van der Waals surface area (Å²) < 4.78 is 126. The normalized spacial score (nSPS) is 19.1. The van der Waals surface area contributed by atoms with Crippen molar-refractivity contribution in [3.05, 3.63) is 68.9 Å². The lowest BCUT2D eigenvalue weighted by Crippen LogP contribution is -2.36. The Kier molecular flexibility index (Phi) is 7.80. The lowest BCUT2D eigenvalue weighted by atomic mass is 9.90. The predicted molar refractivity (Wildman–Crippen MR) is 115 cm³/mol. The fourth-order valence-electron chi connectivity index (χ4n) is 3.60. The van der Waals surface area contributed by atoms with Crippen LogP contribution in [0.5, 0.6) is 0 Å². The Morgan fingerprint density at radius 1 is 1.08 bits per heavy atom. The summed E-state index contributed by atoms with van der Waals surface area (Å²) in [6.07, 6.45) is -9.69. The monoisotopic (exact) mass is 607 g/mol. The molecular weight excluding hydrogens is 591 g/mol. The first-order valence-electron chi connectivity index (χ1n) is 9.94. The molecule has 1 heterocycles. The Morgan fingerprint density at radius 2 is 1.67 bits per heavy atom. The van der Waals surface area contributed by atoms with Crippen LogP contribution in [0.1, 0.15) is 33.5 Å². The van der Waals surface area contributed by atoms with E-state index in [4.69, 9.17) is 8.92 Å². The van der Waals surface area contributed by atoms with E-state index in [1.54, 1.807) is 0 Å². The van der Waals surface area contributed by atoms with Crippen LogP contribution in [0.15, 0.2) is 40.9 Å². The van der Waals surface area contributed by atoms with Gasteiger partial charge in [0.1, 0.15) is 18.1 Å². The molecule has 0 aliphatic carbocycles. The molecule has 1 atom stereocenters. The van der Waals surface area contributed by atoms with Gasteiger partial charge in [0, 0.05) is 12.0 Å². The van der Waals surface area contributed by atoms with E-state index < -0.39 is 76.4 Å². The van der Waals surface area contributed by atoms with Crippen molar-refractivity contribution in [1.29, 1.82) is 0 Å². The first kappa shape index (κ1) is 28.3. The number of carbonyl (C=O) groups is 1. The minimum Gasteiger partial charge on any atom is -0.348 e. The molecule has 0 aromatic heterocycles. The topological polar surface area (TPSA) is 72.9 Å².